The van der Waals surface area contributed by atoms with E-state index in [2.05, 4.69) is 25.1 Å². The molecule has 0 unspecified atom stereocenters. The quantitative estimate of drug-likeness (QED) is 0.575. The number of rotatable bonds is 0. The van der Waals surface area contributed by atoms with Crippen molar-refractivity contribution < 1.29 is 193 Å². The Bertz CT molecular complexity index is 621. The monoisotopic (exact) mass is 382 g/mol. The van der Waals surface area contributed by atoms with E-state index >= 15 is 0 Å². The molecular formula is C13H10Ar5O. The van der Waals surface area contributed by atoms with Gasteiger partial charge < -0.3 is 4.42 Å². The summed E-state index contributed by atoms with van der Waals surface area (Å²) < 4.78 is 5.71. The van der Waals surface area contributed by atoms with Crippen LogP contribution in [0.1, 0.15) is 5.56 Å². The molecule has 19 heavy (non-hydrogen) atoms. The van der Waals surface area contributed by atoms with Crippen molar-refractivity contribution >= 4 is 21.9 Å². The summed E-state index contributed by atoms with van der Waals surface area (Å²) in [5, 5.41) is 2.41. The molecule has 0 saturated heterocycles. The fourth-order valence-corrected chi connectivity index (χ4v) is 1.84. The molecule has 108 valence electrons. The zero-order valence-electron chi connectivity index (χ0n) is 9.72. The van der Waals surface area contributed by atoms with Crippen molar-refractivity contribution in [3.8, 4) is 0 Å². The summed E-state index contributed by atoms with van der Waals surface area (Å²) in [5.41, 5.74) is 3.20. The third-order valence-corrected chi connectivity index (χ3v) is 2.53. The zero-order valence-corrected chi connectivity index (χ0v) is 13.3. The van der Waals surface area contributed by atoms with E-state index in [1.165, 1.54) is 16.3 Å². The van der Waals surface area contributed by atoms with Crippen molar-refractivity contribution in [1.82, 2.24) is 0 Å². The van der Waals surface area contributed by atoms with Gasteiger partial charge in [0, 0.05) is 199 Å². The van der Waals surface area contributed by atoms with Crippen molar-refractivity contribution in [3.05, 3.63) is 48.0 Å². The van der Waals surface area contributed by atoms with Crippen LogP contribution < -0.4 is 0 Å². The third kappa shape index (κ3) is 7.12. The van der Waals surface area contributed by atoms with Crippen LogP contribution in [0.5, 0.6) is 0 Å². The predicted octanol–water partition coefficient (Wildman–Crippen LogP) is 3.89. The average molecular weight is 382 g/mol. The van der Waals surface area contributed by atoms with Gasteiger partial charge in [-0.2, -0.15) is 0 Å². The molecule has 0 atom stereocenters. The molecule has 1 nitrogen and oxygen atoms in total. The van der Waals surface area contributed by atoms with Gasteiger partial charge in [0.25, 0.3) is 0 Å². The van der Waals surface area contributed by atoms with Crippen LogP contribution in [0.3, 0.4) is 0 Å². The normalized spacial score (nSPS) is 8.26. The summed E-state index contributed by atoms with van der Waals surface area (Å²) in [5.74, 6) is 0. The van der Waals surface area contributed by atoms with E-state index in [0.29, 0.717) is 0 Å². The van der Waals surface area contributed by atoms with Crippen LogP contribution in [-0.2, 0) is 0 Å². The Morgan fingerprint density at radius 2 is 1.26 bits per heavy atom. The predicted molar refractivity (Wildman–Crippen MR) is 58.5 cm³/mol. The van der Waals surface area contributed by atoms with Gasteiger partial charge in [0.05, 0.1) is 0 Å². The molecule has 1 heterocycles. The molecule has 0 bridgehead atoms. The SMILES string of the molecule is Cc1ccc2oc3ccccc3c2c1.[Ar].[Ar].[Ar].[Ar].[Ar]. The molecule has 2 aromatic carbocycles. The van der Waals surface area contributed by atoms with Gasteiger partial charge >= 0.3 is 0 Å². The van der Waals surface area contributed by atoms with Crippen molar-refractivity contribution in [1.29, 1.82) is 0 Å². The minimum Gasteiger partial charge on any atom is -0.456 e. The maximum Gasteiger partial charge on any atom is 0.135 e. The Morgan fingerprint density at radius 1 is 0.684 bits per heavy atom. The summed E-state index contributed by atoms with van der Waals surface area (Å²) in [7, 11) is 0. The summed E-state index contributed by atoms with van der Waals surface area (Å²) in [6, 6.07) is 14.4. The van der Waals surface area contributed by atoms with E-state index in [1.807, 2.05) is 24.3 Å². The standard InChI is InChI=1S/C13H10O.5Ar/c1-9-6-7-13-11(8-9)10-4-2-3-5-12(10)14-13;;;;;/h2-8H,1H3;;;;;. The first-order valence-corrected chi connectivity index (χ1v) is 4.72. The molecule has 0 aliphatic rings. The summed E-state index contributed by atoms with van der Waals surface area (Å²) in [6.07, 6.45) is 0. The van der Waals surface area contributed by atoms with Gasteiger partial charge in [-0.1, -0.05) is 29.8 Å². The second-order valence-corrected chi connectivity index (χ2v) is 3.60. The number of hydrogen-bond donors (Lipinski definition) is 0. The Balaban J connectivity index is -0.000000512. The fourth-order valence-electron chi connectivity index (χ4n) is 1.84. The van der Waals surface area contributed by atoms with E-state index < -0.39 is 0 Å². The van der Waals surface area contributed by atoms with E-state index in [-0.39, 0.29) is 189 Å². The number of aryl methyl sites for hydroxylation is 1. The van der Waals surface area contributed by atoms with E-state index in [4.69, 9.17) is 4.42 Å². The molecule has 0 aliphatic carbocycles. The Kier molecular flexibility index (Phi) is 20.6. The minimum atomic E-state index is 0. The van der Waals surface area contributed by atoms with Gasteiger partial charge in [0.1, 0.15) is 11.2 Å². The topological polar surface area (TPSA) is 13.1 Å². The molecule has 0 spiro atoms. The van der Waals surface area contributed by atoms with Crippen LogP contribution in [0.2, 0.25) is 0 Å². The zero-order chi connectivity index (χ0) is 9.54. The van der Waals surface area contributed by atoms with Crippen LogP contribution in [-0.4, -0.2) is 0 Å². The molecular weight excluding hydrogens is 372 g/mol. The van der Waals surface area contributed by atoms with Crippen LogP contribution in [0.4, 0.5) is 0 Å². The van der Waals surface area contributed by atoms with Crippen molar-refractivity contribution in [2.24, 2.45) is 0 Å². The molecule has 0 aliphatic heterocycles. The van der Waals surface area contributed by atoms with Crippen molar-refractivity contribution in [2.45, 2.75) is 6.92 Å². The summed E-state index contributed by atoms with van der Waals surface area (Å²) in [6.45, 7) is 2.10. The molecule has 1 aromatic heterocycles. The second kappa shape index (κ2) is 13.8. The first-order valence-electron chi connectivity index (χ1n) is 4.72. The second-order valence-electron chi connectivity index (χ2n) is 3.60. The molecule has 0 fully saturated rings. The largest absolute Gasteiger partial charge is 0.456 e. The van der Waals surface area contributed by atoms with E-state index in [9.17, 15) is 0 Å². The number of benzene rings is 2. The molecule has 3 aromatic rings. The third-order valence-electron chi connectivity index (χ3n) is 2.53. The fraction of sp³-hybridized carbons (Fsp3) is 0.0769. The first kappa shape index (κ1) is 28.3. The average Bonchev–Trinajstić information content (AvgIpc) is 2.56. The number of furan rings is 1. The Labute approximate surface area is 263 Å². The number of fused-ring (bicyclic) bond motifs is 3. The van der Waals surface area contributed by atoms with Gasteiger partial charge in [-0.3, -0.25) is 0 Å². The maximum absolute atomic E-state index is 5.71. The molecule has 0 radical (unpaired) electrons. The van der Waals surface area contributed by atoms with Crippen LogP contribution in [0.25, 0.3) is 21.9 Å². The van der Waals surface area contributed by atoms with Gasteiger partial charge in [-0.25, -0.2) is 0 Å². The van der Waals surface area contributed by atoms with Crippen LogP contribution in [0.15, 0.2) is 46.9 Å². The van der Waals surface area contributed by atoms with E-state index in [1.54, 1.807) is 0 Å². The number of para-hydroxylation sites is 1. The number of hydrogen-bond acceptors (Lipinski definition) is 1. The molecule has 6 heteroatoms. The van der Waals surface area contributed by atoms with Gasteiger partial charge in [-0.05, 0) is 25.1 Å². The van der Waals surface area contributed by atoms with Gasteiger partial charge in [0.2, 0.25) is 0 Å². The summed E-state index contributed by atoms with van der Waals surface area (Å²) in [4.78, 5) is 0. The first-order chi connectivity index (χ1) is 6.84. The summed E-state index contributed by atoms with van der Waals surface area (Å²) >= 11 is 0. The molecule has 0 amide bonds. The molecule has 0 N–H and O–H groups in total. The van der Waals surface area contributed by atoms with Crippen LogP contribution in [0, 0.1) is 196 Å². The van der Waals surface area contributed by atoms with Gasteiger partial charge in [0.15, 0.2) is 0 Å². The van der Waals surface area contributed by atoms with Gasteiger partial charge in [-0.15, -0.1) is 0 Å². The smallest absolute Gasteiger partial charge is 0.135 e. The molecule has 0 saturated carbocycles. The Hall–Kier alpha value is 4.54. The van der Waals surface area contributed by atoms with Crippen molar-refractivity contribution in [2.75, 3.05) is 0 Å². The maximum atomic E-state index is 5.71. The van der Waals surface area contributed by atoms with E-state index in [0.717, 1.165) is 11.2 Å². The van der Waals surface area contributed by atoms with Crippen LogP contribution >= 0.6 is 0 Å². The molecule has 3 rings (SSSR count). The van der Waals surface area contributed by atoms with Crippen molar-refractivity contribution in [3.63, 3.8) is 0 Å². The minimum absolute atomic E-state index is 0. The Morgan fingerprint density at radius 3 is 1.95 bits per heavy atom.